The van der Waals surface area contributed by atoms with Crippen LogP contribution >= 0.6 is 0 Å². The smallest absolute Gasteiger partial charge is 0.395 e. The maximum absolute atomic E-state index is 11.8. The molecule has 134 valence electrons. The second-order valence-electron chi connectivity index (χ2n) is 5.26. The standard InChI is InChI=1S/C15H15N7O4/c1-10-6-9-21(20-10)13-4-3-12(18-19-13)16-7-8-17-15(23)11-2-5-14(26-11)22(24)25/h2-6,9H,7-8H2,1H3,(H,16,18)(H,17,23). The van der Waals surface area contributed by atoms with E-state index in [4.69, 9.17) is 4.42 Å². The first-order valence-electron chi connectivity index (χ1n) is 7.65. The third-order valence-electron chi connectivity index (χ3n) is 3.32. The van der Waals surface area contributed by atoms with Gasteiger partial charge in [-0.3, -0.25) is 14.9 Å². The van der Waals surface area contributed by atoms with E-state index in [9.17, 15) is 14.9 Å². The Labute approximate surface area is 147 Å². The van der Waals surface area contributed by atoms with Crippen molar-refractivity contribution in [2.45, 2.75) is 6.92 Å². The minimum absolute atomic E-state index is 0.115. The molecule has 0 aromatic carbocycles. The molecule has 0 aliphatic rings. The van der Waals surface area contributed by atoms with E-state index in [0.717, 1.165) is 11.8 Å². The highest BCUT2D eigenvalue weighted by Gasteiger charge is 2.16. The molecule has 0 aliphatic heterocycles. The first kappa shape index (κ1) is 17.1. The molecule has 0 radical (unpaired) electrons. The minimum Gasteiger partial charge on any atom is -0.395 e. The lowest BCUT2D eigenvalue weighted by Crippen LogP contribution is -2.28. The maximum Gasteiger partial charge on any atom is 0.433 e. The van der Waals surface area contributed by atoms with Gasteiger partial charge >= 0.3 is 5.88 Å². The van der Waals surface area contributed by atoms with Gasteiger partial charge in [-0.1, -0.05) is 0 Å². The zero-order valence-corrected chi connectivity index (χ0v) is 13.7. The van der Waals surface area contributed by atoms with Crippen LogP contribution in [0, 0.1) is 17.0 Å². The Bertz CT molecular complexity index is 916. The van der Waals surface area contributed by atoms with Gasteiger partial charge in [0.25, 0.3) is 5.91 Å². The number of nitro groups is 1. The van der Waals surface area contributed by atoms with Gasteiger partial charge in [0.2, 0.25) is 0 Å². The molecule has 2 N–H and O–H groups in total. The second kappa shape index (κ2) is 7.42. The first-order valence-corrected chi connectivity index (χ1v) is 7.65. The Morgan fingerprint density at radius 3 is 2.69 bits per heavy atom. The van der Waals surface area contributed by atoms with Crippen LogP contribution in [0.1, 0.15) is 16.2 Å². The van der Waals surface area contributed by atoms with Crippen molar-refractivity contribution in [2.24, 2.45) is 0 Å². The van der Waals surface area contributed by atoms with Crippen molar-refractivity contribution in [3.8, 4) is 5.82 Å². The number of nitrogens with zero attached hydrogens (tertiary/aromatic N) is 5. The molecular weight excluding hydrogens is 342 g/mol. The highest BCUT2D eigenvalue weighted by Crippen LogP contribution is 2.15. The number of amides is 1. The maximum atomic E-state index is 11.8. The number of nitrogens with one attached hydrogen (secondary N) is 2. The van der Waals surface area contributed by atoms with Crippen molar-refractivity contribution in [2.75, 3.05) is 18.4 Å². The van der Waals surface area contributed by atoms with Crippen LogP contribution in [0.2, 0.25) is 0 Å². The molecule has 11 heteroatoms. The fourth-order valence-electron chi connectivity index (χ4n) is 2.09. The highest BCUT2D eigenvalue weighted by molar-refractivity contribution is 5.91. The number of rotatable bonds is 7. The van der Waals surface area contributed by atoms with E-state index in [1.54, 1.807) is 23.0 Å². The molecule has 0 spiro atoms. The Morgan fingerprint density at radius 2 is 2.08 bits per heavy atom. The number of carbonyl (C=O) groups excluding carboxylic acids is 1. The Kier molecular flexibility index (Phi) is 4.87. The second-order valence-corrected chi connectivity index (χ2v) is 5.26. The summed E-state index contributed by atoms with van der Waals surface area (Å²) in [5, 5.41) is 28.4. The van der Waals surface area contributed by atoms with Crippen LogP contribution < -0.4 is 10.6 Å². The predicted molar refractivity (Wildman–Crippen MR) is 90.1 cm³/mol. The van der Waals surface area contributed by atoms with E-state index in [0.29, 0.717) is 18.2 Å². The van der Waals surface area contributed by atoms with Gasteiger partial charge in [-0.15, -0.1) is 10.2 Å². The summed E-state index contributed by atoms with van der Waals surface area (Å²) >= 11 is 0. The number of hydrogen-bond acceptors (Lipinski definition) is 8. The summed E-state index contributed by atoms with van der Waals surface area (Å²) in [5.74, 6) is 0.0126. The lowest BCUT2D eigenvalue weighted by molar-refractivity contribution is -0.402. The summed E-state index contributed by atoms with van der Waals surface area (Å²) in [6, 6.07) is 7.76. The summed E-state index contributed by atoms with van der Waals surface area (Å²) in [4.78, 5) is 21.6. The summed E-state index contributed by atoms with van der Waals surface area (Å²) in [6.45, 7) is 2.55. The van der Waals surface area contributed by atoms with Gasteiger partial charge in [0.1, 0.15) is 10.7 Å². The number of furan rings is 1. The zero-order chi connectivity index (χ0) is 18.5. The molecule has 0 aliphatic carbocycles. The fourth-order valence-corrected chi connectivity index (χ4v) is 2.09. The molecule has 1 amide bonds. The van der Waals surface area contributed by atoms with Crippen molar-refractivity contribution in [1.29, 1.82) is 0 Å². The lowest BCUT2D eigenvalue weighted by Gasteiger charge is -2.06. The van der Waals surface area contributed by atoms with Gasteiger partial charge in [0, 0.05) is 19.3 Å². The highest BCUT2D eigenvalue weighted by atomic mass is 16.6. The van der Waals surface area contributed by atoms with Crippen LogP contribution in [0.15, 0.2) is 40.9 Å². The molecule has 0 saturated heterocycles. The van der Waals surface area contributed by atoms with Crippen molar-refractivity contribution in [1.82, 2.24) is 25.3 Å². The monoisotopic (exact) mass is 357 g/mol. The van der Waals surface area contributed by atoms with Crippen LogP contribution in [-0.4, -0.2) is 43.9 Å². The van der Waals surface area contributed by atoms with E-state index in [2.05, 4.69) is 25.9 Å². The Balaban J connectivity index is 1.45. The minimum atomic E-state index is -0.703. The molecule has 11 nitrogen and oxygen atoms in total. The van der Waals surface area contributed by atoms with Gasteiger partial charge in [-0.25, -0.2) is 4.68 Å². The van der Waals surface area contributed by atoms with Crippen molar-refractivity contribution >= 4 is 17.6 Å². The van der Waals surface area contributed by atoms with Gasteiger partial charge in [0.15, 0.2) is 11.6 Å². The quantitative estimate of drug-likeness (QED) is 0.366. The average Bonchev–Trinajstić information content (AvgIpc) is 3.28. The van der Waals surface area contributed by atoms with Crippen molar-refractivity contribution in [3.63, 3.8) is 0 Å². The van der Waals surface area contributed by atoms with Crippen LogP contribution in [0.5, 0.6) is 0 Å². The topological polar surface area (TPSA) is 141 Å². The molecule has 3 aromatic heterocycles. The lowest BCUT2D eigenvalue weighted by atomic mass is 10.4. The number of hydrogen-bond donors (Lipinski definition) is 2. The summed E-state index contributed by atoms with van der Waals surface area (Å²) < 4.78 is 6.44. The zero-order valence-electron chi connectivity index (χ0n) is 13.7. The van der Waals surface area contributed by atoms with E-state index >= 15 is 0 Å². The molecule has 3 aromatic rings. The van der Waals surface area contributed by atoms with E-state index in [-0.39, 0.29) is 12.3 Å². The first-order chi connectivity index (χ1) is 12.5. The van der Waals surface area contributed by atoms with Gasteiger partial charge < -0.3 is 15.1 Å². The summed E-state index contributed by atoms with van der Waals surface area (Å²) in [7, 11) is 0. The molecule has 0 unspecified atom stereocenters. The van der Waals surface area contributed by atoms with Crippen LogP contribution in [-0.2, 0) is 0 Å². The largest absolute Gasteiger partial charge is 0.433 e. The number of aryl methyl sites for hydroxylation is 1. The molecule has 0 bridgehead atoms. The molecule has 26 heavy (non-hydrogen) atoms. The van der Waals surface area contributed by atoms with Crippen LogP contribution in [0.3, 0.4) is 0 Å². The summed E-state index contributed by atoms with van der Waals surface area (Å²) in [5.41, 5.74) is 0.881. The molecule has 3 heterocycles. The van der Waals surface area contributed by atoms with Crippen LogP contribution in [0.4, 0.5) is 11.7 Å². The predicted octanol–water partition coefficient (Wildman–Crippen LogP) is 1.31. The molecular formula is C15H15N7O4. The Hall–Kier alpha value is -3.76. The number of anilines is 1. The Morgan fingerprint density at radius 1 is 1.23 bits per heavy atom. The van der Waals surface area contributed by atoms with E-state index in [1.807, 2.05) is 13.0 Å². The SMILES string of the molecule is Cc1ccn(-c2ccc(NCCNC(=O)c3ccc([N+](=O)[O-])o3)nn2)n1. The van der Waals surface area contributed by atoms with E-state index in [1.165, 1.54) is 6.07 Å². The van der Waals surface area contributed by atoms with Gasteiger partial charge in [-0.05, 0) is 31.2 Å². The van der Waals surface area contributed by atoms with Crippen molar-refractivity contribution < 1.29 is 14.1 Å². The molecule has 0 saturated carbocycles. The number of carbonyl (C=O) groups is 1. The molecule has 0 atom stereocenters. The normalized spacial score (nSPS) is 10.5. The third kappa shape index (κ3) is 4.01. The van der Waals surface area contributed by atoms with Crippen LogP contribution in [0.25, 0.3) is 5.82 Å². The third-order valence-corrected chi connectivity index (χ3v) is 3.32. The summed E-state index contributed by atoms with van der Waals surface area (Å²) in [6.07, 6.45) is 1.79. The fraction of sp³-hybridized carbons (Fsp3) is 0.200. The average molecular weight is 357 g/mol. The van der Waals surface area contributed by atoms with Crippen molar-refractivity contribution in [3.05, 3.63) is 58.1 Å². The van der Waals surface area contributed by atoms with Gasteiger partial charge in [0.05, 0.1) is 11.8 Å². The molecule has 0 fully saturated rings. The van der Waals surface area contributed by atoms with Gasteiger partial charge in [-0.2, -0.15) is 5.10 Å². The molecule has 3 rings (SSSR count). The van der Waals surface area contributed by atoms with E-state index < -0.39 is 16.7 Å². The number of aromatic nitrogens is 4.